The number of benzene rings is 1. The summed E-state index contributed by atoms with van der Waals surface area (Å²) in [5, 5.41) is 16.4. The summed E-state index contributed by atoms with van der Waals surface area (Å²) in [6.45, 7) is 0. The highest BCUT2D eigenvalue weighted by Gasteiger charge is 2.09. The van der Waals surface area contributed by atoms with E-state index in [4.69, 9.17) is 17.3 Å². The summed E-state index contributed by atoms with van der Waals surface area (Å²) in [6, 6.07) is 6.72. The molecule has 14 heavy (non-hydrogen) atoms. The minimum Gasteiger partial charge on any atom is -0.506 e. The molecule has 0 unspecified atom stereocenters. The summed E-state index contributed by atoms with van der Waals surface area (Å²) in [5.74, 6) is 0.400. The number of H-pyrrole nitrogens is 1. The summed E-state index contributed by atoms with van der Waals surface area (Å²) in [7, 11) is 0. The van der Waals surface area contributed by atoms with Crippen molar-refractivity contribution in [3.05, 3.63) is 29.3 Å². The molecule has 2 rings (SSSR count). The van der Waals surface area contributed by atoms with Gasteiger partial charge in [0.1, 0.15) is 11.6 Å². The zero-order chi connectivity index (χ0) is 10.1. The van der Waals surface area contributed by atoms with Gasteiger partial charge in [-0.3, -0.25) is 5.10 Å². The Hall–Kier alpha value is -1.68. The first-order valence-electron chi connectivity index (χ1n) is 3.97. The van der Waals surface area contributed by atoms with Gasteiger partial charge in [0.15, 0.2) is 0 Å². The first kappa shape index (κ1) is 8.90. The predicted octanol–water partition coefficient (Wildman–Crippen LogP) is 2.02. The zero-order valence-electron chi connectivity index (χ0n) is 7.16. The lowest BCUT2D eigenvalue weighted by atomic mass is 10.1. The third-order valence-electron chi connectivity index (χ3n) is 1.87. The third-order valence-corrected chi connectivity index (χ3v) is 2.18. The van der Waals surface area contributed by atoms with Crippen molar-refractivity contribution < 1.29 is 5.11 Å². The molecular formula is C9H8ClN3O. The number of aromatic amines is 1. The molecule has 5 heteroatoms. The molecule has 4 N–H and O–H groups in total. The average Bonchev–Trinajstić information content (AvgIpc) is 2.57. The number of hydrogen-bond acceptors (Lipinski definition) is 3. The van der Waals surface area contributed by atoms with Crippen molar-refractivity contribution in [3.63, 3.8) is 0 Å². The number of nitrogen functional groups attached to an aromatic ring is 1. The molecule has 0 radical (unpaired) electrons. The Bertz CT molecular complexity index is 467. The number of para-hydroxylation sites is 1. The van der Waals surface area contributed by atoms with Crippen LogP contribution < -0.4 is 5.73 Å². The van der Waals surface area contributed by atoms with E-state index in [0.717, 1.165) is 0 Å². The molecule has 1 heterocycles. The molecule has 0 aliphatic carbocycles. The maximum atomic E-state index is 9.64. The Morgan fingerprint density at radius 1 is 1.43 bits per heavy atom. The second-order valence-electron chi connectivity index (χ2n) is 2.84. The van der Waals surface area contributed by atoms with Crippen molar-refractivity contribution in [2.75, 3.05) is 5.73 Å². The lowest BCUT2D eigenvalue weighted by molar-refractivity contribution is 0.477. The highest BCUT2D eigenvalue weighted by atomic mass is 35.5. The fourth-order valence-corrected chi connectivity index (χ4v) is 1.38. The molecule has 0 aliphatic rings. The number of aromatic nitrogens is 2. The zero-order valence-corrected chi connectivity index (χ0v) is 7.92. The van der Waals surface area contributed by atoms with Crippen LogP contribution in [0.25, 0.3) is 11.3 Å². The van der Waals surface area contributed by atoms with E-state index in [0.29, 0.717) is 22.1 Å². The maximum absolute atomic E-state index is 9.64. The third kappa shape index (κ3) is 1.40. The van der Waals surface area contributed by atoms with E-state index in [1.54, 1.807) is 24.3 Å². The van der Waals surface area contributed by atoms with Gasteiger partial charge >= 0.3 is 0 Å². The van der Waals surface area contributed by atoms with Crippen molar-refractivity contribution in [1.29, 1.82) is 0 Å². The molecule has 0 saturated carbocycles. The Morgan fingerprint density at radius 3 is 2.86 bits per heavy atom. The molecule has 0 amide bonds. The number of phenols is 1. The van der Waals surface area contributed by atoms with E-state index in [1.165, 1.54) is 0 Å². The first-order chi connectivity index (χ1) is 6.68. The van der Waals surface area contributed by atoms with Crippen molar-refractivity contribution in [2.24, 2.45) is 0 Å². The maximum Gasteiger partial charge on any atom is 0.145 e. The fraction of sp³-hybridized carbons (Fsp3) is 0. The van der Waals surface area contributed by atoms with Gasteiger partial charge in [0, 0.05) is 11.6 Å². The van der Waals surface area contributed by atoms with E-state index in [1.807, 2.05) is 0 Å². The number of nitrogens with one attached hydrogen (secondary N) is 1. The van der Waals surface area contributed by atoms with E-state index in [-0.39, 0.29) is 5.75 Å². The number of nitrogens with zero attached hydrogens (tertiary/aromatic N) is 1. The lowest BCUT2D eigenvalue weighted by Gasteiger charge is -2.02. The highest BCUT2D eigenvalue weighted by Crippen LogP contribution is 2.34. The van der Waals surface area contributed by atoms with Gasteiger partial charge in [0.2, 0.25) is 0 Å². The molecule has 0 spiro atoms. The molecule has 0 atom stereocenters. The molecule has 1 aromatic carbocycles. The van der Waals surface area contributed by atoms with Crippen molar-refractivity contribution >= 4 is 17.4 Å². The van der Waals surface area contributed by atoms with Crippen LogP contribution in [0.2, 0.25) is 5.02 Å². The van der Waals surface area contributed by atoms with Crippen LogP contribution in [0, 0.1) is 0 Å². The van der Waals surface area contributed by atoms with Gasteiger partial charge in [0.05, 0.1) is 10.7 Å². The molecule has 0 saturated heterocycles. The molecule has 2 aromatic rings. The van der Waals surface area contributed by atoms with E-state index in [2.05, 4.69) is 10.2 Å². The second-order valence-corrected chi connectivity index (χ2v) is 3.25. The van der Waals surface area contributed by atoms with Gasteiger partial charge in [0.25, 0.3) is 0 Å². The minimum atomic E-state index is 0.0258. The van der Waals surface area contributed by atoms with Crippen molar-refractivity contribution in [1.82, 2.24) is 10.2 Å². The summed E-state index contributed by atoms with van der Waals surface area (Å²) in [4.78, 5) is 0. The number of phenolic OH excluding ortho intramolecular Hbond substituents is 1. The molecule has 0 bridgehead atoms. The number of anilines is 1. The topological polar surface area (TPSA) is 74.9 Å². The number of aromatic hydroxyl groups is 1. The first-order valence-corrected chi connectivity index (χ1v) is 4.35. The Morgan fingerprint density at radius 2 is 2.21 bits per heavy atom. The molecule has 72 valence electrons. The van der Waals surface area contributed by atoms with Gasteiger partial charge in [-0.05, 0) is 12.1 Å². The SMILES string of the molecule is Nc1cc(-c2cccc(Cl)c2O)[nH]n1. The van der Waals surface area contributed by atoms with E-state index < -0.39 is 0 Å². The standard InChI is InChI=1S/C9H8ClN3O/c10-6-3-1-2-5(9(6)14)7-4-8(11)13-12-7/h1-4,14H,(H3,11,12,13). The number of halogens is 1. The van der Waals surface area contributed by atoms with Crippen molar-refractivity contribution in [3.8, 4) is 17.0 Å². The molecule has 0 aliphatic heterocycles. The Labute approximate surface area is 85.3 Å². The number of nitrogens with two attached hydrogens (primary N) is 1. The van der Waals surface area contributed by atoms with Crippen LogP contribution in [-0.4, -0.2) is 15.3 Å². The number of rotatable bonds is 1. The highest BCUT2D eigenvalue weighted by molar-refractivity contribution is 6.32. The Kier molecular flexibility index (Phi) is 2.05. The largest absolute Gasteiger partial charge is 0.506 e. The van der Waals surface area contributed by atoms with Gasteiger partial charge in [-0.2, -0.15) is 5.10 Å². The summed E-state index contributed by atoms with van der Waals surface area (Å²) >= 11 is 5.75. The molecule has 1 aromatic heterocycles. The molecule has 0 fully saturated rings. The van der Waals surface area contributed by atoms with E-state index in [9.17, 15) is 5.11 Å². The quantitative estimate of drug-likeness (QED) is 0.673. The van der Waals surface area contributed by atoms with Crippen LogP contribution in [0.3, 0.4) is 0 Å². The summed E-state index contributed by atoms with van der Waals surface area (Å²) < 4.78 is 0. The van der Waals surface area contributed by atoms with Gasteiger partial charge in [-0.15, -0.1) is 0 Å². The normalized spacial score (nSPS) is 10.4. The van der Waals surface area contributed by atoms with Crippen LogP contribution in [0.4, 0.5) is 5.82 Å². The van der Waals surface area contributed by atoms with E-state index >= 15 is 0 Å². The summed E-state index contributed by atoms with van der Waals surface area (Å²) in [6.07, 6.45) is 0. The predicted molar refractivity (Wildman–Crippen MR) is 55.1 cm³/mol. The van der Waals surface area contributed by atoms with Gasteiger partial charge < -0.3 is 10.8 Å². The molecule has 4 nitrogen and oxygen atoms in total. The van der Waals surface area contributed by atoms with Crippen LogP contribution in [-0.2, 0) is 0 Å². The van der Waals surface area contributed by atoms with Crippen LogP contribution in [0.1, 0.15) is 0 Å². The fourth-order valence-electron chi connectivity index (χ4n) is 1.21. The summed E-state index contributed by atoms with van der Waals surface area (Å²) in [5.41, 5.74) is 6.67. The Balaban J connectivity index is 2.57. The van der Waals surface area contributed by atoms with Crippen LogP contribution in [0.15, 0.2) is 24.3 Å². The van der Waals surface area contributed by atoms with Gasteiger partial charge in [-0.1, -0.05) is 17.7 Å². The number of hydrogen-bond donors (Lipinski definition) is 3. The van der Waals surface area contributed by atoms with Crippen molar-refractivity contribution in [2.45, 2.75) is 0 Å². The van der Waals surface area contributed by atoms with Crippen LogP contribution in [0.5, 0.6) is 5.75 Å². The average molecular weight is 210 g/mol. The smallest absolute Gasteiger partial charge is 0.145 e. The lowest BCUT2D eigenvalue weighted by Crippen LogP contribution is -1.81. The van der Waals surface area contributed by atoms with Crippen LogP contribution >= 0.6 is 11.6 Å². The van der Waals surface area contributed by atoms with Gasteiger partial charge in [-0.25, -0.2) is 0 Å². The molecular weight excluding hydrogens is 202 g/mol. The second kappa shape index (κ2) is 3.23. The monoisotopic (exact) mass is 209 g/mol. The minimum absolute atomic E-state index is 0.0258.